The van der Waals surface area contributed by atoms with Crippen molar-refractivity contribution >= 4 is 22.3 Å². The first-order valence-electron chi connectivity index (χ1n) is 6.09. The van der Waals surface area contributed by atoms with Gasteiger partial charge in [-0.3, -0.25) is 4.99 Å². The van der Waals surface area contributed by atoms with Gasteiger partial charge in [-0.15, -0.1) is 0 Å². The van der Waals surface area contributed by atoms with Crippen LogP contribution in [0.3, 0.4) is 0 Å². The molecule has 4 heteroatoms. The van der Waals surface area contributed by atoms with E-state index in [1.807, 2.05) is 25.2 Å². The molecule has 4 nitrogen and oxygen atoms in total. The summed E-state index contributed by atoms with van der Waals surface area (Å²) in [5.41, 5.74) is 3.99. The van der Waals surface area contributed by atoms with Crippen molar-refractivity contribution in [3.8, 4) is 0 Å². The van der Waals surface area contributed by atoms with Gasteiger partial charge in [-0.25, -0.2) is 0 Å². The van der Waals surface area contributed by atoms with Gasteiger partial charge in [-0.2, -0.15) is 4.73 Å². The molecule has 2 heterocycles. The molecule has 3 rings (SSSR count). The van der Waals surface area contributed by atoms with Crippen molar-refractivity contribution in [3.05, 3.63) is 41.2 Å². The number of hydrogen-bond donors (Lipinski definition) is 1. The zero-order valence-electron chi connectivity index (χ0n) is 10.5. The summed E-state index contributed by atoms with van der Waals surface area (Å²) >= 11 is 0. The second-order valence-corrected chi connectivity index (χ2v) is 4.62. The molecule has 0 bridgehead atoms. The van der Waals surface area contributed by atoms with E-state index in [1.54, 1.807) is 6.07 Å². The molecule has 0 saturated heterocycles. The predicted molar refractivity (Wildman–Crippen MR) is 72.2 cm³/mol. The maximum atomic E-state index is 11.7. The first-order chi connectivity index (χ1) is 8.70. The van der Waals surface area contributed by atoms with Crippen LogP contribution in [0.2, 0.25) is 0 Å². The van der Waals surface area contributed by atoms with E-state index in [-0.39, 0.29) is 6.04 Å². The Balaban J connectivity index is 2.14. The molecule has 1 atom stereocenters. The zero-order chi connectivity index (χ0) is 12.7. The maximum Gasteiger partial charge on any atom is 0.224 e. The minimum absolute atomic E-state index is 0.260. The van der Waals surface area contributed by atoms with Crippen molar-refractivity contribution in [2.45, 2.75) is 19.4 Å². The Hall–Kier alpha value is -1.94. The van der Waals surface area contributed by atoms with Gasteiger partial charge < -0.3 is 10.5 Å². The van der Waals surface area contributed by atoms with Gasteiger partial charge in [0.25, 0.3) is 0 Å². The lowest BCUT2D eigenvalue weighted by Crippen LogP contribution is -2.30. The van der Waals surface area contributed by atoms with Gasteiger partial charge in [-0.05, 0) is 31.7 Å². The number of pyridine rings is 1. The highest BCUT2D eigenvalue weighted by atomic mass is 16.5. The molecule has 18 heavy (non-hydrogen) atoms. The van der Waals surface area contributed by atoms with Crippen LogP contribution < -0.4 is 10.0 Å². The molecule has 1 aliphatic heterocycles. The van der Waals surface area contributed by atoms with Gasteiger partial charge in [0.2, 0.25) is 5.52 Å². The fourth-order valence-electron chi connectivity index (χ4n) is 2.40. The monoisotopic (exact) mass is 241 g/mol. The minimum Gasteiger partial charge on any atom is -0.618 e. The lowest BCUT2D eigenvalue weighted by Gasteiger charge is -2.09. The van der Waals surface area contributed by atoms with E-state index in [0.29, 0.717) is 5.52 Å². The highest BCUT2D eigenvalue weighted by molar-refractivity contribution is 6.02. The lowest BCUT2D eigenvalue weighted by molar-refractivity contribution is -0.577. The van der Waals surface area contributed by atoms with E-state index in [0.717, 1.165) is 33.5 Å². The summed E-state index contributed by atoms with van der Waals surface area (Å²) in [6, 6.07) is 7.81. The van der Waals surface area contributed by atoms with Gasteiger partial charge in [0.05, 0.1) is 11.1 Å². The molecule has 0 fully saturated rings. The fourth-order valence-corrected chi connectivity index (χ4v) is 2.40. The van der Waals surface area contributed by atoms with E-state index in [1.165, 1.54) is 6.20 Å². The number of rotatable bonds is 2. The van der Waals surface area contributed by atoms with Gasteiger partial charge in [-0.1, -0.05) is 0 Å². The van der Waals surface area contributed by atoms with Crippen LogP contribution in [0, 0.1) is 5.21 Å². The molecule has 0 amide bonds. The second kappa shape index (κ2) is 4.07. The normalized spacial score (nSPS) is 15.6. The molecule has 1 unspecified atom stereocenters. The summed E-state index contributed by atoms with van der Waals surface area (Å²) < 4.78 is 0.912. The Morgan fingerprint density at radius 1 is 1.39 bits per heavy atom. The Labute approximate surface area is 106 Å². The van der Waals surface area contributed by atoms with Crippen molar-refractivity contribution < 1.29 is 4.73 Å². The molecule has 2 aromatic rings. The quantitative estimate of drug-likeness (QED) is 0.643. The van der Waals surface area contributed by atoms with E-state index in [2.05, 4.69) is 17.2 Å². The van der Waals surface area contributed by atoms with Crippen molar-refractivity contribution in [2.75, 3.05) is 7.05 Å². The fraction of sp³-hybridized carbons (Fsp3) is 0.286. The molecule has 1 aliphatic rings. The van der Waals surface area contributed by atoms with Gasteiger partial charge >= 0.3 is 0 Å². The van der Waals surface area contributed by atoms with Crippen LogP contribution in [0.5, 0.6) is 0 Å². The number of nitrogens with one attached hydrogen (secondary N) is 1. The van der Waals surface area contributed by atoms with Gasteiger partial charge in [0.1, 0.15) is 0 Å². The van der Waals surface area contributed by atoms with E-state index < -0.39 is 0 Å². The highest BCUT2D eigenvalue weighted by Crippen LogP contribution is 2.32. The molecular formula is C14H15N3O. The third-order valence-electron chi connectivity index (χ3n) is 3.59. The number of benzene rings is 1. The Morgan fingerprint density at radius 2 is 2.22 bits per heavy atom. The van der Waals surface area contributed by atoms with Crippen LogP contribution in [-0.2, 0) is 6.42 Å². The van der Waals surface area contributed by atoms with E-state index in [9.17, 15) is 5.21 Å². The number of aliphatic imine (C=N–C) groups is 1. The smallest absolute Gasteiger partial charge is 0.224 e. The Kier molecular flexibility index (Phi) is 2.52. The van der Waals surface area contributed by atoms with E-state index >= 15 is 0 Å². The molecule has 0 radical (unpaired) electrons. The average Bonchev–Trinajstić information content (AvgIpc) is 2.82. The SMILES string of the molecule is CNC(C)C1=Nc2ccc3c(ccc[n+]3[O-])c2C1. The van der Waals surface area contributed by atoms with Crippen LogP contribution in [0.15, 0.2) is 35.5 Å². The number of aromatic nitrogens is 1. The molecule has 1 aromatic heterocycles. The summed E-state index contributed by atoms with van der Waals surface area (Å²) in [6.45, 7) is 2.10. The molecule has 1 aromatic carbocycles. The summed E-state index contributed by atoms with van der Waals surface area (Å²) in [5.74, 6) is 0. The Morgan fingerprint density at radius 3 is 3.00 bits per heavy atom. The summed E-state index contributed by atoms with van der Waals surface area (Å²) in [7, 11) is 1.93. The summed E-state index contributed by atoms with van der Waals surface area (Å²) in [5, 5.41) is 15.9. The maximum absolute atomic E-state index is 11.7. The average molecular weight is 241 g/mol. The molecule has 0 spiro atoms. The standard InChI is InChI=1S/C14H15N3O/c1-9(15-2)13-8-11-10-4-3-7-17(18)14(10)6-5-12(11)16-13/h3-7,9,15H,8H2,1-2H3. The van der Waals surface area contributed by atoms with Crippen LogP contribution >= 0.6 is 0 Å². The number of hydrogen-bond acceptors (Lipinski definition) is 3. The molecule has 0 aliphatic carbocycles. The highest BCUT2D eigenvalue weighted by Gasteiger charge is 2.22. The van der Waals surface area contributed by atoms with Gasteiger partial charge in [0, 0.05) is 30.3 Å². The van der Waals surface area contributed by atoms with Crippen molar-refractivity contribution in [1.82, 2.24) is 5.32 Å². The largest absolute Gasteiger partial charge is 0.618 e. The summed E-state index contributed by atoms with van der Waals surface area (Å²) in [6.07, 6.45) is 2.35. The Bertz CT molecular complexity index is 649. The van der Waals surface area contributed by atoms with Crippen LogP contribution in [-0.4, -0.2) is 18.8 Å². The number of nitrogens with zero attached hydrogens (tertiary/aromatic N) is 2. The van der Waals surface area contributed by atoms with Crippen molar-refractivity contribution in [3.63, 3.8) is 0 Å². The minimum atomic E-state index is 0.260. The van der Waals surface area contributed by atoms with Crippen LogP contribution in [0.4, 0.5) is 5.69 Å². The van der Waals surface area contributed by atoms with E-state index in [4.69, 9.17) is 0 Å². The number of fused-ring (bicyclic) bond motifs is 3. The second-order valence-electron chi connectivity index (χ2n) is 4.62. The lowest BCUT2D eigenvalue weighted by atomic mass is 10.0. The molecular weight excluding hydrogens is 226 g/mol. The molecule has 92 valence electrons. The van der Waals surface area contributed by atoms with Crippen LogP contribution in [0.25, 0.3) is 10.9 Å². The van der Waals surface area contributed by atoms with Crippen molar-refractivity contribution in [1.29, 1.82) is 0 Å². The van der Waals surface area contributed by atoms with Crippen molar-refractivity contribution in [2.24, 2.45) is 4.99 Å². The zero-order valence-corrected chi connectivity index (χ0v) is 10.5. The predicted octanol–water partition coefficient (Wildman–Crippen LogP) is 1.71. The third kappa shape index (κ3) is 1.57. The first kappa shape index (κ1) is 11.2. The third-order valence-corrected chi connectivity index (χ3v) is 3.59. The topological polar surface area (TPSA) is 51.3 Å². The summed E-state index contributed by atoms with van der Waals surface area (Å²) in [4.78, 5) is 4.65. The van der Waals surface area contributed by atoms with Crippen LogP contribution in [0.1, 0.15) is 12.5 Å². The van der Waals surface area contributed by atoms with Gasteiger partial charge in [0.15, 0.2) is 6.20 Å². The first-order valence-corrected chi connectivity index (χ1v) is 6.09. The molecule has 0 saturated carbocycles. The molecule has 1 N–H and O–H groups in total.